The molecular formula is C19H24N2O2S. The first-order valence-electron chi connectivity index (χ1n) is 8.46. The highest BCUT2D eigenvalue weighted by molar-refractivity contribution is 7.15. The highest BCUT2D eigenvalue weighted by atomic mass is 32.1. The number of aliphatic hydroxyl groups excluding tert-OH is 1. The molecular weight excluding hydrogens is 320 g/mol. The third-order valence-electron chi connectivity index (χ3n) is 4.96. The summed E-state index contributed by atoms with van der Waals surface area (Å²) in [4.78, 5) is 20.3. The summed E-state index contributed by atoms with van der Waals surface area (Å²) in [5.74, 6) is -0.208. The summed E-state index contributed by atoms with van der Waals surface area (Å²) in [5.41, 5.74) is 2.07. The van der Waals surface area contributed by atoms with Crippen LogP contribution >= 0.6 is 11.3 Å². The quantitative estimate of drug-likeness (QED) is 0.918. The summed E-state index contributed by atoms with van der Waals surface area (Å²) < 4.78 is 0. The number of aryl methyl sites for hydroxylation is 1. The van der Waals surface area contributed by atoms with Crippen LogP contribution in [0.3, 0.4) is 0 Å². The van der Waals surface area contributed by atoms with Gasteiger partial charge in [0, 0.05) is 12.6 Å². The van der Waals surface area contributed by atoms with Crippen molar-refractivity contribution in [3.8, 4) is 10.6 Å². The molecule has 1 aliphatic rings. The molecule has 3 rings (SSSR count). The molecule has 0 radical (unpaired) electrons. The van der Waals surface area contributed by atoms with E-state index in [-0.39, 0.29) is 17.9 Å². The number of thiazole rings is 1. The summed E-state index contributed by atoms with van der Waals surface area (Å²) in [6.45, 7) is 4.03. The zero-order valence-electron chi connectivity index (χ0n) is 14.4. The first kappa shape index (κ1) is 17.1. The van der Waals surface area contributed by atoms with Gasteiger partial charge in [0.05, 0.1) is 28.6 Å². The Hall–Kier alpha value is -1.72. The van der Waals surface area contributed by atoms with Gasteiger partial charge in [-0.2, -0.15) is 0 Å². The fourth-order valence-electron chi connectivity index (χ4n) is 3.36. The predicted molar refractivity (Wildman–Crippen MR) is 96.8 cm³/mol. The molecule has 1 saturated carbocycles. The van der Waals surface area contributed by atoms with E-state index in [0.29, 0.717) is 0 Å². The van der Waals surface area contributed by atoms with Gasteiger partial charge in [-0.1, -0.05) is 30.3 Å². The molecule has 128 valence electrons. The lowest BCUT2D eigenvalue weighted by Gasteiger charge is -2.28. The van der Waals surface area contributed by atoms with Gasteiger partial charge in [0.25, 0.3) is 0 Å². The minimum absolute atomic E-state index is 0.0414. The zero-order valence-corrected chi connectivity index (χ0v) is 15.2. The van der Waals surface area contributed by atoms with Crippen molar-refractivity contribution < 1.29 is 9.90 Å². The molecule has 3 atom stereocenters. The van der Waals surface area contributed by atoms with Crippen molar-refractivity contribution in [1.29, 1.82) is 0 Å². The number of carbonyl (C=O) groups excluding carboxylic acids is 1. The van der Waals surface area contributed by atoms with Crippen molar-refractivity contribution in [3.05, 3.63) is 40.9 Å². The molecule has 3 unspecified atom stereocenters. The number of nitrogens with zero attached hydrogens (tertiary/aromatic N) is 2. The molecule has 1 fully saturated rings. The SMILES string of the molecule is Cc1nc(-c2ccccc2)sc1C(C)N(C)C(=O)C1CCCC1O. The molecule has 4 nitrogen and oxygen atoms in total. The van der Waals surface area contributed by atoms with Gasteiger partial charge in [-0.05, 0) is 33.1 Å². The van der Waals surface area contributed by atoms with E-state index in [0.717, 1.165) is 40.4 Å². The van der Waals surface area contributed by atoms with Crippen molar-refractivity contribution in [3.63, 3.8) is 0 Å². The van der Waals surface area contributed by atoms with E-state index in [9.17, 15) is 9.90 Å². The Morgan fingerprint density at radius 1 is 1.33 bits per heavy atom. The van der Waals surface area contributed by atoms with Crippen molar-refractivity contribution >= 4 is 17.2 Å². The molecule has 1 aromatic heterocycles. The Labute approximate surface area is 147 Å². The van der Waals surface area contributed by atoms with Gasteiger partial charge < -0.3 is 10.0 Å². The number of rotatable bonds is 4. The Balaban J connectivity index is 1.81. The summed E-state index contributed by atoms with van der Waals surface area (Å²) in [7, 11) is 1.83. The first-order valence-corrected chi connectivity index (χ1v) is 9.28. The maximum atomic E-state index is 12.7. The van der Waals surface area contributed by atoms with Gasteiger partial charge >= 0.3 is 0 Å². The van der Waals surface area contributed by atoms with Gasteiger partial charge in [0.1, 0.15) is 5.01 Å². The molecule has 5 heteroatoms. The molecule has 24 heavy (non-hydrogen) atoms. The Morgan fingerprint density at radius 3 is 2.67 bits per heavy atom. The van der Waals surface area contributed by atoms with Crippen molar-refractivity contribution in [2.24, 2.45) is 5.92 Å². The average molecular weight is 344 g/mol. The van der Waals surface area contributed by atoms with Crippen LogP contribution in [-0.4, -0.2) is 34.0 Å². The van der Waals surface area contributed by atoms with Crippen LogP contribution in [0.4, 0.5) is 0 Å². The highest BCUT2D eigenvalue weighted by Gasteiger charge is 2.35. The van der Waals surface area contributed by atoms with E-state index < -0.39 is 6.10 Å². The monoisotopic (exact) mass is 344 g/mol. The second-order valence-electron chi connectivity index (χ2n) is 6.56. The van der Waals surface area contributed by atoms with E-state index in [1.165, 1.54) is 0 Å². The maximum Gasteiger partial charge on any atom is 0.228 e. The van der Waals surface area contributed by atoms with Gasteiger partial charge in [0.15, 0.2) is 0 Å². The molecule has 0 aliphatic heterocycles. The van der Waals surface area contributed by atoms with E-state index in [1.54, 1.807) is 16.2 Å². The maximum absolute atomic E-state index is 12.7. The number of hydrogen-bond donors (Lipinski definition) is 1. The molecule has 1 aromatic carbocycles. The normalized spacial score (nSPS) is 21.7. The topological polar surface area (TPSA) is 53.4 Å². The van der Waals surface area contributed by atoms with Crippen molar-refractivity contribution in [1.82, 2.24) is 9.88 Å². The van der Waals surface area contributed by atoms with E-state index in [4.69, 9.17) is 0 Å². The van der Waals surface area contributed by atoms with Crippen LogP contribution in [0.15, 0.2) is 30.3 Å². The number of hydrogen-bond acceptors (Lipinski definition) is 4. The van der Waals surface area contributed by atoms with Crippen molar-refractivity contribution in [2.45, 2.75) is 45.3 Å². The van der Waals surface area contributed by atoms with E-state index in [1.807, 2.05) is 39.1 Å². The number of benzene rings is 1. The smallest absolute Gasteiger partial charge is 0.228 e. The van der Waals surface area contributed by atoms with E-state index >= 15 is 0 Å². The Kier molecular flexibility index (Phi) is 5.01. The van der Waals surface area contributed by atoms with Gasteiger partial charge in [-0.3, -0.25) is 4.79 Å². The Bertz CT molecular complexity index is 713. The second kappa shape index (κ2) is 7.03. The summed E-state index contributed by atoms with van der Waals surface area (Å²) in [5, 5.41) is 11.0. The lowest BCUT2D eigenvalue weighted by Crippen LogP contribution is -2.37. The number of aromatic nitrogens is 1. The lowest BCUT2D eigenvalue weighted by molar-refractivity contribution is -0.138. The number of carbonyl (C=O) groups is 1. The fraction of sp³-hybridized carbons (Fsp3) is 0.474. The number of amides is 1. The summed E-state index contributed by atoms with van der Waals surface area (Å²) >= 11 is 1.64. The van der Waals surface area contributed by atoms with Crippen LogP contribution in [0.2, 0.25) is 0 Å². The van der Waals surface area contributed by atoms with Crippen LogP contribution in [-0.2, 0) is 4.79 Å². The number of aliphatic hydroxyl groups is 1. The third-order valence-corrected chi connectivity index (χ3v) is 6.33. The van der Waals surface area contributed by atoms with Gasteiger partial charge in [0.2, 0.25) is 5.91 Å². The van der Waals surface area contributed by atoms with Gasteiger partial charge in [-0.25, -0.2) is 4.98 Å². The molecule has 0 saturated heterocycles. The van der Waals surface area contributed by atoms with E-state index in [2.05, 4.69) is 17.1 Å². The van der Waals surface area contributed by atoms with Gasteiger partial charge in [-0.15, -0.1) is 11.3 Å². The van der Waals surface area contributed by atoms with Crippen LogP contribution in [0.25, 0.3) is 10.6 Å². The highest BCUT2D eigenvalue weighted by Crippen LogP contribution is 2.35. The van der Waals surface area contributed by atoms with Crippen LogP contribution < -0.4 is 0 Å². The molecule has 0 bridgehead atoms. The zero-order chi connectivity index (χ0) is 17.3. The Morgan fingerprint density at radius 2 is 2.04 bits per heavy atom. The van der Waals surface area contributed by atoms with Crippen molar-refractivity contribution in [2.75, 3.05) is 7.05 Å². The van der Waals surface area contributed by atoms with Crippen LogP contribution in [0.5, 0.6) is 0 Å². The molecule has 1 aliphatic carbocycles. The molecule has 1 N–H and O–H groups in total. The van der Waals surface area contributed by atoms with Crippen LogP contribution in [0.1, 0.15) is 42.8 Å². The standard InChI is InChI=1S/C19H24N2O2S/c1-12-17(24-18(20-12)14-8-5-4-6-9-14)13(2)21(3)19(23)15-10-7-11-16(15)22/h4-6,8-9,13,15-16,22H,7,10-11H2,1-3H3. The molecule has 1 amide bonds. The largest absolute Gasteiger partial charge is 0.392 e. The first-order chi connectivity index (χ1) is 11.5. The lowest BCUT2D eigenvalue weighted by atomic mass is 10.0. The molecule has 1 heterocycles. The summed E-state index contributed by atoms with van der Waals surface area (Å²) in [6.07, 6.45) is 1.96. The second-order valence-corrected chi connectivity index (χ2v) is 7.60. The van der Waals surface area contributed by atoms with Crippen LogP contribution in [0, 0.1) is 12.8 Å². The average Bonchev–Trinajstić information content (AvgIpc) is 3.19. The molecule has 0 spiro atoms. The third kappa shape index (κ3) is 3.23. The molecule has 2 aromatic rings. The fourth-order valence-corrected chi connectivity index (χ4v) is 4.52. The minimum Gasteiger partial charge on any atom is -0.392 e. The summed E-state index contributed by atoms with van der Waals surface area (Å²) in [6, 6.07) is 10.1. The predicted octanol–water partition coefficient (Wildman–Crippen LogP) is 3.80. The minimum atomic E-state index is -0.491.